The molecule has 0 radical (unpaired) electrons. The van der Waals surface area contributed by atoms with Crippen LogP contribution in [0.3, 0.4) is 0 Å². The lowest BCUT2D eigenvalue weighted by Gasteiger charge is -1.94. The first-order valence-electron chi connectivity index (χ1n) is 3.41. The van der Waals surface area contributed by atoms with Crippen molar-refractivity contribution >= 4 is 0 Å². The van der Waals surface area contributed by atoms with Crippen LogP contribution in [0.25, 0.3) is 0 Å². The summed E-state index contributed by atoms with van der Waals surface area (Å²) in [7, 11) is 0. The van der Waals surface area contributed by atoms with Gasteiger partial charge in [-0.2, -0.15) is 0 Å². The van der Waals surface area contributed by atoms with E-state index in [-0.39, 0.29) is 6.10 Å². The van der Waals surface area contributed by atoms with Crippen molar-refractivity contribution in [2.75, 3.05) is 19.8 Å². The van der Waals surface area contributed by atoms with Gasteiger partial charge in [0.1, 0.15) is 11.9 Å². The molecule has 0 spiro atoms. The molecule has 2 heterocycles. The minimum Gasteiger partial charge on any atom is -0.481 e. The minimum atomic E-state index is 0.166. The van der Waals surface area contributed by atoms with Crippen molar-refractivity contribution in [1.82, 2.24) is 0 Å². The van der Waals surface area contributed by atoms with E-state index in [0.29, 0.717) is 19.3 Å². The zero-order valence-corrected chi connectivity index (χ0v) is 5.71. The van der Waals surface area contributed by atoms with Crippen molar-refractivity contribution < 1.29 is 14.2 Å². The molecule has 2 unspecified atom stereocenters. The van der Waals surface area contributed by atoms with Gasteiger partial charge in [-0.1, -0.05) is 6.58 Å². The highest BCUT2D eigenvalue weighted by Gasteiger charge is 2.31. The molecule has 56 valence electrons. The van der Waals surface area contributed by atoms with Crippen LogP contribution in [-0.4, -0.2) is 32.0 Å². The summed E-state index contributed by atoms with van der Waals surface area (Å²) in [4.78, 5) is 0. The van der Waals surface area contributed by atoms with Crippen molar-refractivity contribution in [2.24, 2.45) is 0 Å². The maximum absolute atomic E-state index is 5.24. The number of rotatable bonds is 4. The molecule has 3 nitrogen and oxygen atoms in total. The summed E-state index contributed by atoms with van der Waals surface area (Å²) in [6.07, 6.45) is 0.519. The average molecular weight is 142 g/mol. The highest BCUT2D eigenvalue weighted by Crippen LogP contribution is 2.24. The normalized spacial score (nSPS) is 35.4. The summed E-state index contributed by atoms with van der Waals surface area (Å²) in [5.74, 6) is 0.844. The Morgan fingerprint density at radius 3 is 2.80 bits per heavy atom. The number of hydrogen-bond donors (Lipinski definition) is 0. The standard InChI is InChI=1S/C7H10O3/c1-5-7(10-5)4-8-2-6-3-9-6/h6-7H,1-4H2. The van der Waals surface area contributed by atoms with E-state index in [0.717, 1.165) is 12.4 Å². The van der Waals surface area contributed by atoms with E-state index < -0.39 is 0 Å². The third-order valence-corrected chi connectivity index (χ3v) is 1.57. The topological polar surface area (TPSA) is 34.3 Å². The van der Waals surface area contributed by atoms with Crippen LogP contribution in [0.5, 0.6) is 0 Å². The lowest BCUT2D eigenvalue weighted by atomic mass is 10.4. The van der Waals surface area contributed by atoms with Gasteiger partial charge in [0.15, 0.2) is 6.10 Å². The van der Waals surface area contributed by atoms with Crippen molar-refractivity contribution in [1.29, 1.82) is 0 Å². The third kappa shape index (κ3) is 1.49. The molecular weight excluding hydrogens is 132 g/mol. The molecule has 3 heteroatoms. The van der Waals surface area contributed by atoms with Crippen LogP contribution < -0.4 is 0 Å². The zero-order chi connectivity index (χ0) is 6.97. The Hall–Kier alpha value is -0.540. The van der Waals surface area contributed by atoms with Gasteiger partial charge in [-0.3, -0.25) is 0 Å². The molecule has 0 saturated carbocycles. The van der Waals surface area contributed by atoms with Gasteiger partial charge in [0, 0.05) is 0 Å². The lowest BCUT2D eigenvalue weighted by molar-refractivity contribution is 0.102. The molecule has 0 aromatic rings. The van der Waals surface area contributed by atoms with Crippen LogP contribution in [0.4, 0.5) is 0 Å². The quantitative estimate of drug-likeness (QED) is 0.530. The number of ether oxygens (including phenoxy) is 3. The minimum absolute atomic E-state index is 0.166. The summed E-state index contributed by atoms with van der Waals surface area (Å²) in [5.41, 5.74) is 0. The van der Waals surface area contributed by atoms with Gasteiger partial charge in [0.05, 0.1) is 19.8 Å². The predicted octanol–water partition coefficient (Wildman–Crippen LogP) is 0.314. The maximum Gasteiger partial charge on any atom is 0.178 e. The van der Waals surface area contributed by atoms with Crippen LogP contribution in [-0.2, 0) is 14.2 Å². The monoisotopic (exact) mass is 142 g/mol. The Kier molecular flexibility index (Phi) is 1.39. The van der Waals surface area contributed by atoms with Gasteiger partial charge in [0.2, 0.25) is 0 Å². The van der Waals surface area contributed by atoms with Crippen LogP contribution in [0.15, 0.2) is 12.3 Å². The van der Waals surface area contributed by atoms with E-state index in [1.807, 2.05) is 0 Å². The summed E-state index contributed by atoms with van der Waals surface area (Å²) in [6.45, 7) is 5.82. The fourth-order valence-corrected chi connectivity index (χ4v) is 0.746. The largest absolute Gasteiger partial charge is 0.481 e. The second kappa shape index (κ2) is 2.25. The van der Waals surface area contributed by atoms with Gasteiger partial charge in [0.25, 0.3) is 0 Å². The van der Waals surface area contributed by atoms with E-state index in [2.05, 4.69) is 6.58 Å². The molecule has 2 saturated heterocycles. The van der Waals surface area contributed by atoms with E-state index in [4.69, 9.17) is 14.2 Å². The van der Waals surface area contributed by atoms with Gasteiger partial charge in [-0.05, 0) is 0 Å². The molecule has 2 atom stereocenters. The Labute approximate surface area is 59.6 Å². The molecule has 10 heavy (non-hydrogen) atoms. The van der Waals surface area contributed by atoms with E-state index in [1.165, 1.54) is 0 Å². The van der Waals surface area contributed by atoms with Crippen molar-refractivity contribution in [3.05, 3.63) is 12.3 Å². The summed E-state index contributed by atoms with van der Waals surface area (Å²) in [6, 6.07) is 0. The van der Waals surface area contributed by atoms with Crippen molar-refractivity contribution in [3.63, 3.8) is 0 Å². The van der Waals surface area contributed by atoms with Gasteiger partial charge < -0.3 is 14.2 Å². The van der Waals surface area contributed by atoms with Crippen LogP contribution in [0, 0.1) is 0 Å². The first kappa shape index (κ1) is 6.19. The Morgan fingerprint density at radius 1 is 1.60 bits per heavy atom. The fraction of sp³-hybridized carbons (Fsp3) is 0.714. The highest BCUT2D eigenvalue weighted by molar-refractivity contribution is 5.07. The average Bonchev–Trinajstić information content (AvgIpc) is 2.73. The smallest absolute Gasteiger partial charge is 0.178 e. The molecular formula is C7H10O3. The van der Waals surface area contributed by atoms with Crippen molar-refractivity contribution in [3.8, 4) is 0 Å². The molecule has 2 aliphatic rings. The predicted molar refractivity (Wildman–Crippen MR) is 34.6 cm³/mol. The first-order chi connectivity index (χ1) is 4.86. The molecule has 0 N–H and O–H groups in total. The van der Waals surface area contributed by atoms with Gasteiger partial charge in [-0.15, -0.1) is 0 Å². The molecule has 0 bridgehead atoms. The third-order valence-electron chi connectivity index (χ3n) is 1.57. The maximum atomic E-state index is 5.24. The highest BCUT2D eigenvalue weighted by atomic mass is 16.6. The summed E-state index contributed by atoms with van der Waals surface area (Å²) in [5, 5.41) is 0. The molecule has 0 aromatic carbocycles. The summed E-state index contributed by atoms with van der Waals surface area (Å²) < 4.78 is 15.1. The number of epoxide rings is 2. The molecule has 0 amide bonds. The lowest BCUT2D eigenvalue weighted by Crippen LogP contribution is -2.06. The van der Waals surface area contributed by atoms with Gasteiger partial charge in [-0.25, -0.2) is 0 Å². The first-order valence-corrected chi connectivity index (χ1v) is 3.41. The van der Waals surface area contributed by atoms with E-state index >= 15 is 0 Å². The molecule has 2 fully saturated rings. The van der Waals surface area contributed by atoms with Gasteiger partial charge >= 0.3 is 0 Å². The molecule has 2 rings (SSSR count). The summed E-state index contributed by atoms with van der Waals surface area (Å²) >= 11 is 0. The second-order valence-corrected chi connectivity index (χ2v) is 2.57. The van der Waals surface area contributed by atoms with Crippen molar-refractivity contribution in [2.45, 2.75) is 12.2 Å². The van der Waals surface area contributed by atoms with E-state index in [1.54, 1.807) is 0 Å². The van der Waals surface area contributed by atoms with Crippen LogP contribution in [0.1, 0.15) is 0 Å². The van der Waals surface area contributed by atoms with Crippen LogP contribution >= 0.6 is 0 Å². The SMILES string of the molecule is C=C1OC1COCC1CO1. The zero-order valence-electron chi connectivity index (χ0n) is 5.71. The van der Waals surface area contributed by atoms with Crippen LogP contribution in [0.2, 0.25) is 0 Å². The second-order valence-electron chi connectivity index (χ2n) is 2.57. The van der Waals surface area contributed by atoms with E-state index in [9.17, 15) is 0 Å². The molecule has 0 aliphatic carbocycles. The Morgan fingerprint density at radius 2 is 2.30 bits per heavy atom. The fourth-order valence-electron chi connectivity index (χ4n) is 0.746. The molecule has 0 aromatic heterocycles. The Bertz CT molecular complexity index is 151. The number of hydrogen-bond acceptors (Lipinski definition) is 3. The Balaban J connectivity index is 1.51. The molecule has 2 aliphatic heterocycles.